The van der Waals surface area contributed by atoms with E-state index in [4.69, 9.17) is 5.73 Å². The Kier molecular flexibility index (Phi) is 4.46. The zero-order valence-electron chi connectivity index (χ0n) is 14.7. The van der Waals surface area contributed by atoms with Crippen molar-refractivity contribution < 1.29 is 0 Å². The van der Waals surface area contributed by atoms with Gasteiger partial charge in [-0.25, -0.2) is 0 Å². The van der Waals surface area contributed by atoms with Gasteiger partial charge in [-0.3, -0.25) is 0 Å². The van der Waals surface area contributed by atoms with Crippen LogP contribution >= 0.6 is 11.8 Å². The van der Waals surface area contributed by atoms with Gasteiger partial charge in [-0.15, -0.1) is 10.2 Å². The molecular weight excluding hydrogens is 348 g/mol. The molecule has 2 aromatic heterocycles. The van der Waals surface area contributed by atoms with Crippen LogP contribution in [-0.4, -0.2) is 29.7 Å². The Balaban J connectivity index is 1.48. The average molecular weight is 368 g/mol. The van der Waals surface area contributed by atoms with E-state index < -0.39 is 0 Å². The fourth-order valence-corrected chi connectivity index (χ4v) is 3.56. The van der Waals surface area contributed by atoms with Crippen LogP contribution in [0.15, 0.2) is 29.4 Å². The summed E-state index contributed by atoms with van der Waals surface area (Å²) in [6.07, 6.45) is 2.38. The van der Waals surface area contributed by atoms with Gasteiger partial charge in [-0.2, -0.15) is 15.0 Å². The molecule has 0 bridgehead atoms. The number of nitrogens with one attached hydrogen (secondary N) is 1. The predicted octanol–water partition coefficient (Wildman–Crippen LogP) is 3.03. The van der Waals surface area contributed by atoms with Gasteiger partial charge in [0.05, 0.1) is 5.75 Å². The molecule has 4 rings (SSSR count). The molecule has 1 aliphatic carbocycles. The summed E-state index contributed by atoms with van der Waals surface area (Å²) in [7, 11) is 0. The van der Waals surface area contributed by atoms with Crippen molar-refractivity contribution in [2.75, 3.05) is 11.1 Å². The molecule has 0 unspecified atom stereocenters. The molecule has 3 N–H and O–H groups in total. The normalized spacial score (nSPS) is 13.8. The van der Waals surface area contributed by atoms with E-state index in [2.05, 4.69) is 35.0 Å². The number of aryl methyl sites for hydroxylation is 2. The minimum absolute atomic E-state index is 0.199. The number of hydrogen-bond acceptors (Lipinski definition) is 8. The van der Waals surface area contributed by atoms with E-state index in [9.17, 15) is 0 Å². The third-order valence-corrected chi connectivity index (χ3v) is 5.02. The lowest BCUT2D eigenvalue weighted by atomic mass is 10.2. The van der Waals surface area contributed by atoms with Crippen molar-refractivity contribution in [2.24, 2.45) is 0 Å². The molecule has 0 atom stereocenters. The maximum Gasteiger partial charge on any atom is 0.232 e. The van der Waals surface area contributed by atoms with Gasteiger partial charge in [0, 0.05) is 11.7 Å². The first-order chi connectivity index (χ1) is 12.6. The standard InChI is InChI=1S/C17H20N8S/c1-10-3-5-12(6-4-10)19-16-21-14(20-15(18)22-16)9-26-17-24-23-11(2)25(17)13-7-8-13/h3-6,13H,7-9H2,1-2H3,(H3,18,19,20,21,22). The summed E-state index contributed by atoms with van der Waals surface area (Å²) in [5.41, 5.74) is 7.95. The summed E-state index contributed by atoms with van der Waals surface area (Å²) < 4.78 is 2.20. The quantitative estimate of drug-likeness (QED) is 0.639. The van der Waals surface area contributed by atoms with E-state index in [1.165, 1.54) is 18.4 Å². The molecule has 0 aliphatic heterocycles. The lowest BCUT2D eigenvalue weighted by Gasteiger charge is -2.08. The van der Waals surface area contributed by atoms with E-state index in [1.807, 2.05) is 38.1 Å². The highest BCUT2D eigenvalue weighted by Gasteiger charge is 2.28. The van der Waals surface area contributed by atoms with Crippen LogP contribution in [0.5, 0.6) is 0 Å². The third kappa shape index (κ3) is 3.77. The monoisotopic (exact) mass is 368 g/mol. The molecule has 2 heterocycles. The lowest BCUT2D eigenvalue weighted by molar-refractivity contribution is 0.644. The topological polar surface area (TPSA) is 107 Å². The van der Waals surface area contributed by atoms with Crippen LogP contribution in [-0.2, 0) is 5.75 Å². The third-order valence-electron chi connectivity index (χ3n) is 4.08. The summed E-state index contributed by atoms with van der Waals surface area (Å²) in [5.74, 6) is 2.76. The zero-order valence-corrected chi connectivity index (χ0v) is 15.5. The Hall–Kier alpha value is -2.68. The summed E-state index contributed by atoms with van der Waals surface area (Å²) in [4.78, 5) is 12.9. The van der Waals surface area contributed by atoms with Crippen LogP contribution in [0.2, 0.25) is 0 Å². The molecule has 26 heavy (non-hydrogen) atoms. The maximum atomic E-state index is 5.85. The Morgan fingerprint density at radius 1 is 1.12 bits per heavy atom. The van der Waals surface area contributed by atoms with Gasteiger partial charge in [-0.05, 0) is 38.8 Å². The van der Waals surface area contributed by atoms with Crippen LogP contribution in [0.1, 0.15) is 36.1 Å². The first-order valence-corrected chi connectivity index (χ1v) is 9.45. The lowest BCUT2D eigenvalue weighted by Crippen LogP contribution is -2.07. The second-order valence-electron chi connectivity index (χ2n) is 6.34. The van der Waals surface area contributed by atoms with E-state index in [0.29, 0.717) is 23.6 Å². The predicted molar refractivity (Wildman–Crippen MR) is 101 cm³/mol. The molecular formula is C17H20N8S. The molecule has 0 amide bonds. The number of rotatable bonds is 6. The highest BCUT2D eigenvalue weighted by Crippen LogP contribution is 2.38. The molecule has 8 nitrogen and oxygen atoms in total. The summed E-state index contributed by atoms with van der Waals surface area (Å²) in [6, 6.07) is 8.54. The highest BCUT2D eigenvalue weighted by molar-refractivity contribution is 7.98. The fourth-order valence-electron chi connectivity index (χ4n) is 2.65. The summed E-state index contributed by atoms with van der Waals surface area (Å²) in [5, 5.41) is 12.5. The Morgan fingerprint density at radius 3 is 2.62 bits per heavy atom. The average Bonchev–Trinajstić information content (AvgIpc) is 3.37. The molecule has 1 fully saturated rings. The van der Waals surface area contributed by atoms with Gasteiger partial charge in [0.2, 0.25) is 11.9 Å². The molecule has 9 heteroatoms. The van der Waals surface area contributed by atoms with Crippen molar-refractivity contribution in [1.29, 1.82) is 0 Å². The first-order valence-electron chi connectivity index (χ1n) is 8.47. The Morgan fingerprint density at radius 2 is 1.88 bits per heavy atom. The molecule has 0 radical (unpaired) electrons. The molecule has 0 spiro atoms. The van der Waals surface area contributed by atoms with E-state index >= 15 is 0 Å². The Labute approximate surface area is 155 Å². The number of nitrogens with two attached hydrogens (primary N) is 1. The van der Waals surface area contributed by atoms with Crippen molar-refractivity contribution in [3.05, 3.63) is 41.5 Å². The minimum Gasteiger partial charge on any atom is -0.368 e. The second-order valence-corrected chi connectivity index (χ2v) is 7.29. The zero-order chi connectivity index (χ0) is 18.1. The van der Waals surface area contributed by atoms with Gasteiger partial charge in [-0.1, -0.05) is 29.5 Å². The van der Waals surface area contributed by atoms with Gasteiger partial charge >= 0.3 is 0 Å². The van der Waals surface area contributed by atoms with Gasteiger partial charge in [0.25, 0.3) is 0 Å². The smallest absolute Gasteiger partial charge is 0.232 e. The number of hydrogen-bond donors (Lipinski definition) is 2. The van der Waals surface area contributed by atoms with Crippen molar-refractivity contribution in [2.45, 2.75) is 43.6 Å². The van der Waals surface area contributed by atoms with Crippen LogP contribution in [0.25, 0.3) is 0 Å². The van der Waals surface area contributed by atoms with Crippen molar-refractivity contribution >= 4 is 29.3 Å². The number of nitrogen functional groups attached to an aromatic ring is 1. The van der Waals surface area contributed by atoms with Gasteiger partial charge in [0.15, 0.2) is 5.16 Å². The fraction of sp³-hybridized carbons (Fsp3) is 0.353. The van der Waals surface area contributed by atoms with E-state index in [0.717, 1.165) is 16.7 Å². The number of benzene rings is 1. The van der Waals surface area contributed by atoms with Gasteiger partial charge in [0.1, 0.15) is 11.6 Å². The van der Waals surface area contributed by atoms with E-state index in [-0.39, 0.29) is 5.95 Å². The number of aromatic nitrogens is 6. The number of anilines is 3. The van der Waals surface area contributed by atoms with Crippen LogP contribution in [0.3, 0.4) is 0 Å². The largest absolute Gasteiger partial charge is 0.368 e. The van der Waals surface area contributed by atoms with Gasteiger partial charge < -0.3 is 15.6 Å². The highest BCUT2D eigenvalue weighted by atomic mass is 32.2. The van der Waals surface area contributed by atoms with E-state index in [1.54, 1.807) is 11.8 Å². The van der Waals surface area contributed by atoms with Crippen LogP contribution in [0.4, 0.5) is 17.6 Å². The van der Waals surface area contributed by atoms with Crippen LogP contribution < -0.4 is 11.1 Å². The number of thioether (sulfide) groups is 1. The molecule has 0 saturated heterocycles. The van der Waals surface area contributed by atoms with Crippen LogP contribution in [0, 0.1) is 13.8 Å². The summed E-state index contributed by atoms with van der Waals surface area (Å²) >= 11 is 1.57. The van der Waals surface area contributed by atoms with Crippen molar-refractivity contribution in [3.8, 4) is 0 Å². The molecule has 3 aromatic rings. The summed E-state index contributed by atoms with van der Waals surface area (Å²) in [6.45, 7) is 4.03. The van der Waals surface area contributed by atoms with Crippen molar-refractivity contribution in [1.82, 2.24) is 29.7 Å². The maximum absolute atomic E-state index is 5.85. The first kappa shape index (κ1) is 16.8. The van der Waals surface area contributed by atoms with Crippen molar-refractivity contribution in [3.63, 3.8) is 0 Å². The Bertz CT molecular complexity index is 917. The molecule has 1 saturated carbocycles. The minimum atomic E-state index is 0.199. The SMILES string of the molecule is Cc1ccc(Nc2nc(N)nc(CSc3nnc(C)n3C3CC3)n2)cc1. The number of nitrogens with zero attached hydrogens (tertiary/aromatic N) is 6. The second kappa shape index (κ2) is 6.91. The molecule has 1 aliphatic rings. The molecule has 134 valence electrons. The molecule has 1 aromatic carbocycles.